The molecular weight excluding hydrogens is 470 g/mol. The first-order valence-electron chi connectivity index (χ1n) is 14.1. The van der Waals surface area contributed by atoms with Crippen LogP contribution in [-0.4, -0.2) is 61.1 Å². The molecule has 3 aliphatic heterocycles. The van der Waals surface area contributed by atoms with Crippen molar-refractivity contribution in [3.63, 3.8) is 0 Å². The highest BCUT2D eigenvalue weighted by molar-refractivity contribution is 5.80. The number of methoxy groups -OCH3 is 1. The highest BCUT2D eigenvalue weighted by Gasteiger charge is 2.52. The first kappa shape index (κ1) is 26.5. The maximum absolute atomic E-state index is 13.7. The Morgan fingerprint density at radius 1 is 0.947 bits per heavy atom. The molecule has 38 heavy (non-hydrogen) atoms. The van der Waals surface area contributed by atoms with Gasteiger partial charge in [0, 0.05) is 44.2 Å². The van der Waals surface area contributed by atoms with E-state index in [4.69, 9.17) is 4.74 Å². The van der Waals surface area contributed by atoms with Gasteiger partial charge in [0.15, 0.2) is 0 Å². The Balaban J connectivity index is 1.52. The molecule has 3 aromatic rings. The molecule has 0 aromatic heterocycles. The summed E-state index contributed by atoms with van der Waals surface area (Å²) in [7, 11) is 1.70. The highest BCUT2D eigenvalue weighted by Crippen LogP contribution is 2.45. The van der Waals surface area contributed by atoms with Crippen LogP contribution in [0.4, 0.5) is 0 Å². The van der Waals surface area contributed by atoms with Gasteiger partial charge in [-0.05, 0) is 61.6 Å². The van der Waals surface area contributed by atoms with E-state index in [1.165, 1.54) is 16.7 Å². The summed E-state index contributed by atoms with van der Waals surface area (Å²) in [5, 5.41) is 3.98. The first-order valence-corrected chi connectivity index (χ1v) is 14.1. The topological polar surface area (TPSA) is 44.8 Å². The highest BCUT2D eigenvalue weighted by atomic mass is 16.5. The SMILES string of the molecule is CCN(CC)C(=O)[C@H]1CN2CC[C@H]1[C@H](NCc1ccc(OC)cc1)C2C(c1ccccc1)c1ccccc1. The van der Waals surface area contributed by atoms with Crippen LogP contribution in [0.15, 0.2) is 84.9 Å². The summed E-state index contributed by atoms with van der Waals surface area (Å²) >= 11 is 0. The average molecular weight is 512 g/mol. The zero-order chi connectivity index (χ0) is 26.5. The molecule has 1 amide bonds. The lowest BCUT2D eigenvalue weighted by molar-refractivity contribution is -0.145. The van der Waals surface area contributed by atoms with E-state index in [1.807, 2.05) is 17.0 Å². The molecule has 1 N–H and O–H groups in total. The van der Waals surface area contributed by atoms with Gasteiger partial charge in [-0.1, -0.05) is 72.8 Å². The van der Waals surface area contributed by atoms with Gasteiger partial charge in [-0.3, -0.25) is 9.69 Å². The Labute approximate surface area is 227 Å². The molecule has 3 saturated heterocycles. The van der Waals surface area contributed by atoms with Gasteiger partial charge in [0.25, 0.3) is 0 Å². The lowest BCUT2D eigenvalue weighted by Crippen LogP contribution is -2.69. The van der Waals surface area contributed by atoms with E-state index in [0.717, 1.165) is 44.9 Å². The van der Waals surface area contributed by atoms with E-state index in [1.54, 1.807) is 7.11 Å². The third-order valence-corrected chi connectivity index (χ3v) is 8.70. The minimum absolute atomic E-state index is 0.0282. The van der Waals surface area contributed by atoms with Crippen molar-refractivity contribution in [2.24, 2.45) is 11.8 Å². The van der Waals surface area contributed by atoms with Gasteiger partial charge in [0.05, 0.1) is 13.0 Å². The Bertz CT molecular complexity index is 1120. The number of benzene rings is 3. The summed E-state index contributed by atoms with van der Waals surface area (Å²) in [5.74, 6) is 1.73. The standard InChI is InChI=1S/C33H41N3O2/c1-4-35(5-2)33(37)29-23-36-21-20-28(29)31(34-22-24-16-18-27(38-3)19-17-24)32(36)30(25-12-8-6-9-13-25)26-14-10-7-11-15-26/h6-19,28-32,34H,4-5,20-23H2,1-3H3/t28-,29+,31+,32?/m1/s1. The fourth-order valence-electron chi connectivity index (χ4n) is 6.78. The molecule has 3 aliphatic rings. The van der Waals surface area contributed by atoms with Crippen molar-refractivity contribution in [3.05, 3.63) is 102 Å². The van der Waals surface area contributed by atoms with Crippen molar-refractivity contribution in [2.45, 2.75) is 44.8 Å². The van der Waals surface area contributed by atoms with Crippen molar-refractivity contribution in [1.29, 1.82) is 0 Å². The molecule has 0 saturated carbocycles. The van der Waals surface area contributed by atoms with Crippen LogP contribution in [0.3, 0.4) is 0 Å². The predicted molar refractivity (Wildman–Crippen MR) is 153 cm³/mol. The number of fused-ring (bicyclic) bond motifs is 3. The molecule has 2 bridgehead atoms. The average Bonchev–Trinajstić information content (AvgIpc) is 2.99. The number of nitrogens with one attached hydrogen (secondary N) is 1. The molecule has 3 fully saturated rings. The smallest absolute Gasteiger partial charge is 0.227 e. The normalized spacial score (nSPS) is 24.4. The number of amides is 1. The maximum Gasteiger partial charge on any atom is 0.227 e. The number of carbonyl (C=O) groups excluding carboxylic acids is 1. The first-order chi connectivity index (χ1) is 18.6. The summed E-state index contributed by atoms with van der Waals surface area (Å²) < 4.78 is 5.37. The lowest BCUT2D eigenvalue weighted by Gasteiger charge is -2.57. The van der Waals surface area contributed by atoms with Gasteiger partial charge in [-0.2, -0.15) is 0 Å². The molecule has 2 unspecified atom stereocenters. The number of rotatable bonds is 10. The summed E-state index contributed by atoms with van der Waals surface area (Å²) in [5.41, 5.74) is 3.89. The number of carbonyl (C=O) groups is 1. The summed E-state index contributed by atoms with van der Waals surface area (Å²) in [6.45, 7) is 8.34. The van der Waals surface area contributed by atoms with Crippen LogP contribution in [0.25, 0.3) is 0 Å². The molecular formula is C33H41N3O2. The van der Waals surface area contributed by atoms with Crippen LogP contribution in [0.2, 0.25) is 0 Å². The molecule has 0 spiro atoms. The molecule has 0 aliphatic carbocycles. The zero-order valence-electron chi connectivity index (χ0n) is 22.9. The van der Waals surface area contributed by atoms with Gasteiger partial charge >= 0.3 is 0 Å². The predicted octanol–water partition coefficient (Wildman–Crippen LogP) is 5.17. The third-order valence-electron chi connectivity index (χ3n) is 8.70. The fourth-order valence-corrected chi connectivity index (χ4v) is 6.78. The maximum atomic E-state index is 13.7. The molecule has 5 nitrogen and oxygen atoms in total. The molecule has 0 radical (unpaired) electrons. The van der Waals surface area contributed by atoms with Crippen LogP contribution in [0.1, 0.15) is 42.9 Å². The Kier molecular flexibility index (Phi) is 8.45. The number of nitrogens with zero attached hydrogens (tertiary/aromatic N) is 2. The van der Waals surface area contributed by atoms with Crippen LogP contribution in [0, 0.1) is 11.8 Å². The summed E-state index contributed by atoms with van der Waals surface area (Å²) in [6, 6.07) is 30.6. The minimum Gasteiger partial charge on any atom is -0.497 e. The second-order valence-electron chi connectivity index (χ2n) is 10.6. The Hall–Kier alpha value is -3.15. The Morgan fingerprint density at radius 3 is 2.11 bits per heavy atom. The van der Waals surface area contributed by atoms with Crippen LogP contribution in [0.5, 0.6) is 5.75 Å². The van der Waals surface area contributed by atoms with Crippen molar-refractivity contribution in [2.75, 3.05) is 33.3 Å². The second kappa shape index (κ2) is 12.1. The zero-order valence-corrected chi connectivity index (χ0v) is 22.9. The van der Waals surface area contributed by atoms with Crippen LogP contribution < -0.4 is 10.1 Å². The molecule has 3 aromatic carbocycles. The largest absolute Gasteiger partial charge is 0.497 e. The van der Waals surface area contributed by atoms with Crippen LogP contribution in [-0.2, 0) is 11.3 Å². The number of hydrogen-bond donors (Lipinski definition) is 1. The molecule has 200 valence electrons. The van der Waals surface area contributed by atoms with E-state index in [2.05, 4.69) is 96.9 Å². The van der Waals surface area contributed by atoms with Crippen LogP contribution >= 0.6 is 0 Å². The number of hydrogen-bond acceptors (Lipinski definition) is 4. The van der Waals surface area contributed by atoms with Crippen molar-refractivity contribution < 1.29 is 9.53 Å². The number of ether oxygens (including phenoxy) is 1. The minimum atomic E-state index is 0.0282. The summed E-state index contributed by atoms with van der Waals surface area (Å²) in [4.78, 5) is 18.3. The van der Waals surface area contributed by atoms with E-state index in [0.29, 0.717) is 11.8 Å². The molecule has 3 heterocycles. The van der Waals surface area contributed by atoms with Crippen molar-refractivity contribution >= 4 is 5.91 Å². The number of piperidine rings is 3. The van der Waals surface area contributed by atoms with E-state index in [-0.39, 0.29) is 23.9 Å². The molecule has 5 heteroatoms. The van der Waals surface area contributed by atoms with Gasteiger partial charge in [0.1, 0.15) is 5.75 Å². The third kappa shape index (κ3) is 5.36. The van der Waals surface area contributed by atoms with Gasteiger partial charge < -0.3 is 15.0 Å². The lowest BCUT2D eigenvalue weighted by atomic mass is 9.66. The second-order valence-corrected chi connectivity index (χ2v) is 10.6. The van der Waals surface area contributed by atoms with Gasteiger partial charge in [-0.25, -0.2) is 0 Å². The Morgan fingerprint density at radius 2 is 1.55 bits per heavy atom. The van der Waals surface area contributed by atoms with E-state index < -0.39 is 0 Å². The van der Waals surface area contributed by atoms with Gasteiger partial charge in [-0.15, -0.1) is 0 Å². The monoisotopic (exact) mass is 511 g/mol. The quantitative estimate of drug-likeness (QED) is 0.408. The van der Waals surface area contributed by atoms with E-state index in [9.17, 15) is 4.79 Å². The van der Waals surface area contributed by atoms with Crippen molar-refractivity contribution in [3.8, 4) is 5.75 Å². The molecule has 5 atom stereocenters. The van der Waals surface area contributed by atoms with Crippen molar-refractivity contribution in [1.82, 2.24) is 15.1 Å². The fraction of sp³-hybridized carbons (Fsp3) is 0.424. The molecule has 6 rings (SSSR count). The van der Waals surface area contributed by atoms with E-state index >= 15 is 0 Å². The van der Waals surface area contributed by atoms with Gasteiger partial charge in [0.2, 0.25) is 5.91 Å². The summed E-state index contributed by atoms with van der Waals surface area (Å²) in [6.07, 6.45) is 1.05.